The number of hydrogen-bond acceptors (Lipinski definition) is 8. The fourth-order valence-electron chi connectivity index (χ4n) is 3.77. The molecule has 0 atom stereocenters. The lowest BCUT2D eigenvalue weighted by Gasteiger charge is -2.16. The summed E-state index contributed by atoms with van der Waals surface area (Å²) >= 11 is 0. The topological polar surface area (TPSA) is 138 Å². The van der Waals surface area contributed by atoms with Gasteiger partial charge < -0.3 is 9.30 Å². The molecule has 2 N–H and O–H groups in total. The van der Waals surface area contributed by atoms with Crippen molar-refractivity contribution in [3.05, 3.63) is 35.5 Å². The Hall–Kier alpha value is -4.09. The van der Waals surface area contributed by atoms with Crippen molar-refractivity contribution in [2.75, 3.05) is 28.7 Å². The molecule has 1 saturated carbocycles. The zero-order chi connectivity index (χ0) is 22.4. The van der Waals surface area contributed by atoms with Gasteiger partial charge in [-0.1, -0.05) is 0 Å². The van der Waals surface area contributed by atoms with Crippen LogP contribution in [0.4, 0.5) is 22.4 Å². The summed E-state index contributed by atoms with van der Waals surface area (Å²) in [6.07, 6.45) is 6.66. The van der Waals surface area contributed by atoms with Gasteiger partial charge in [0.15, 0.2) is 5.65 Å². The number of nitrogens with zero attached hydrogens (tertiary/aromatic N) is 7. The molecule has 5 rings (SSSR count). The van der Waals surface area contributed by atoms with E-state index in [2.05, 4.69) is 25.6 Å². The number of aryl methyl sites for hydroxylation is 1. The van der Waals surface area contributed by atoms with Gasteiger partial charge in [0.25, 0.3) is 0 Å². The zero-order valence-electron chi connectivity index (χ0n) is 17.6. The molecule has 164 valence electrons. The molecule has 1 saturated heterocycles. The van der Waals surface area contributed by atoms with Gasteiger partial charge >= 0.3 is 6.03 Å². The SMILES string of the molecule is Cc1nc(NC=O)nc(N(C)Cc2cn3cc(C4CC4)cc(N4CC(=O)NC4=O)c3n2)n1. The Kier molecular flexibility index (Phi) is 4.68. The third kappa shape index (κ3) is 3.70. The monoisotopic (exact) mass is 435 g/mol. The molecule has 0 aromatic carbocycles. The van der Waals surface area contributed by atoms with Gasteiger partial charge in [0.05, 0.1) is 17.9 Å². The Morgan fingerprint density at radius 3 is 2.72 bits per heavy atom. The van der Waals surface area contributed by atoms with Crippen molar-refractivity contribution < 1.29 is 14.4 Å². The van der Waals surface area contributed by atoms with Crippen LogP contribution in [0.1, 0.15) is 35.8 Å². The maximum Gasteiger partial charge on any atom is 0.329 e. The standard InChI is InChI=1S/C20H21N9O3/c1-11-22-18(21-10-30)26-19(23-11)27(2)7-14-8-28-6-13(12-3-4-12)5-15(17(28)24-14)29-9-16(31)25-20(29)32/h5-6,8,10,12H,3-4,7,9H2,1-2H3,(H,25,31,32)(H,21,22,23,26,30). The number of urea groups is 1. The number of pyridine rings is 1. The van der Waals surface area contributed by atoms with Gasteiger partial charge in [-0.2, -0.15) is 15.0 Å². The van der Waals surface area contributed by atoms with Crippen molar-refractivity contribution in [2.45, 2.75) is 32.2 Å². The average molecular weight is 435 g/mol. The Labute approximate surface area is 182 Å². The molecule has 12 heteroatoms. The molecule has 2 fully saturated rings. The van der Waals surface area contributed by atoms with Crippen LogP contribution in [0.5, 0.6) is 0 Å². The van der Waals surface area contributed by atoms with Crippen LogP contribution >= 0.6 is 0 Å². The van der Waals surface area contributed by atoms with Crippen LogP contribution < -0.4 is 20.4 Å². The first-order valence-corrected chi connectivity index (χ1v) is 10.2. The first-order valence-electron chi connectivity index (χ1n) is 10.2. The molecule has 4 heterocycles. The molecule has 12 nitrogen and oxygen atoms in total. The second kappa shape index (κ2) is 7.55. The van der Waals surface area contributed by atoms with E-state index in [1.54, 1.807) is 11.8 Å². The van der Waals surface area contributed by atoms with Crippen molar-refractivity contribution >= 4 is 41.6 Å². The quantitative estimate of drug-likeness (QED) is 0.414. The van der Waals surface area contributed by atoms with Crippen molar-refractivity contribution in [3.8, 4) is 0 Å². The van der Waals surface area contributed by atoms with Crippen LogP contribution in [0.25, 0.3) is 5.65 Å². The average Bonchev–Trinajstić information content (AvgIpc) is 3.43. The maximum absolute atomic E-state index is 12.3. The van der Waals surface area contributed by atoms with Crippen LogP contribution in [-0.4, -0.2) is 56.3 Å². The third-order valence-corrected chi connectivity index (χ3v) is 5.40. The summed E-state index contributed by atoms with van der Waals surface area (Å²) in [6.45, 7) is 2.07. The van der Waals surface area contributed by atoms with E-state index < -0.39 is 6.03 Å². The minimum Gasteiger partial charge on any atom is -0.338 e. The highest BCUT2D eigenvalue weighted by Gasteiger charge is 2.32. The van der Waals surface area contributed by atoms with Crippen LogP contribution in [-0.2, 0) is 16.1 Å². The van der Waals surface area contributed by atoms with Crippen molar-refractivity contribution in [3.63, 3.8) is 0 Å². The number of anilines is 3. The van der Waals surface area contributed by atoms with E-state index in [-0.39, 0.29) is 18.4 Å². The predicted molar refractivity (Wildman–Crippen MR) is 114 cm³/mol. The first-order chi connectivity index (χ1) is 15.4. The summed E-state index contributed by atoms with van der Waals surface area (Å²) in [5.74, 6) is 1.17. The van der Waals surface area contributed by atoms with Crippen molar-refractivity contribution in [1.29, 1.82) is 0 Å². The first kappa shape index (κ1) is 19.8. The molecule has 3 aromatic rings. The molecule has 0 spiro atoms. The Morgan fingerprint density at radius 1 is 1.22 bits per heavy atom. The highest BCUT2D eigenvalue weighted by molar-refractivity contribution is 6.13. The largest absolute Gasteiger partial charge is 0.338 e. The minimum atomic E-state index is -0.442. The third-order valence-electron chi connectivity index (χ3n) is 5.40. The Morgan fingerprint density at radius 2 is 2.03 bits per heavy atom. The fraction of sp³-hybridized carbons (Fsp3) is 0.350. The lowest BCUT2D eigenvalue weighted by Crippen LogP contribution is -2.28. The van der Waals surface area contributed by atoms with Gasteiger partial charge in [-0.25, -0.2) is 9.78 Å². The summed E-state index contributed by atoms with van der Waals surface area (Å²) in [4.78, 5) is 55.4. The van der Waals surface area contributed by atoms with Gasteiger partial charge in [-0.05, 0) is 37.3 Å². The second-order valence-corrected chi connectivity index (χ2v) is 7.96. The number of hydrogen-bond donors (Lipinski definition) is 2. The van der Waals surface area contributed by atoms with Gasteiger partial charge in [0.1, 0.15) is 12.4 Å². The number of aromatic nitrogens is 5. The molecule has 0 bridgehead atoms. The molecule has 0 unspecified atom stereocenters. The highest BCUT2D eigenvalue weighted by Crippen LogP contribution is 2.42. The van der Waals surface area contributed by atoms with Crippen molar-refractivity contribution in [1.82, 2.24) is 29.7 Å². The van der Waals surface area contributed by atoms with E-state index in [1.807, 2.05) is 29.9 Å². The number of imide groups is 1. The highest BCUT2D eigenvalue weighted by atomic mass is 16.2. The van der Waals surface area contributed by atoms with E-state index in [1.165, 1.54) is 4.90 Å². The number of fused-ring (bicyclic) bond motifs is 1. The van der Waals surface area contributed by atoms with E-state index >= 15 is 0 Å². The van der Waals surface area contributed by atoms with Gasteiger partial charge in [-0.15, -0.1) is 0 Å². The number of rotatable bonds is 7. The van der Waals surface area contributed by atoms with Crippen molar-refractivity contribution in [2.24, 2.45) is 0 Å². The van der Waals surface area contributed by atoms with E-state index in [9.17, 15) is 14.4 Å². The molecule has 1 aliphatic heterocycles. The summed E-state index contributed by atoms with van der Waals surface area (Å²) in [7, 11) is 1.81. The Balaban J connectivity index is 1.49. The summed E-state index contributed by atoms with van der Waals surface area (Å²) in [5, 5.41) is 4.76. The molecular formula is C20H21N9O3. The fourth-order valence-corrected chi connectivity index (χ4v) is 3.77. The molecule has 32 heavy (non-hydrogen) atoms. The molecule has 2 aliphatic rings. The van der Waals surface area contributed by atoms with E-state index in [4.69, 9.17) is 4.98 Å². The number of amides is 4. The van der Waals surface area contributed by atoms with Crippen LogP contribution in [0.2, 0.25) is 0 Å². The zero-order valence-corrected chi connectivity index (χ0v) is 17.6. The van der Waals surface area contributed by atoms with E-state index in [0.717, 1.165) is 24.1 Å². The lowest BCUT2D eigenvalue weighted by atomic mass is 10.1. The normalized spacial score (nSPS) is 15.9. The van der Waals surface area contributed by atoms with Crippen LogP contribution in [0.3, 0.4) is 0 Å². The number of imidazole rings is 1. The minimum absolute atomic E-state index is 0.0264. The van der Waals surface area contributed by atoms with Crippen LogP contribution in [0.15, 0.2) is 18.5 Å². The van der Waals surface area contributed by atoms with Crippen LogP contribution in [0, 0.1) is 6.92 Å². The molecule has 1 aliphatic carbocycles. The number of nitrogens with one attached hydrogen (secondary N) is 2. The van der Waals surface area contributed by atoms with E-state index in [0.29, 0.717) is 42.0 Å². The summed E-state index contributed by atoms with van der Waals surface area (Å²) in [6, 6.07) is 1.51. The van der Waals surface area contributed by atoms with Gasteiger partial charge in [-0.3, -0.25) is 25.1 Å². The molecular weight excluding hydrogens is 414 g/mol. The number of carbonyl (C=O) groups is 3. The Bertz CT molecular complexity index is 1250. The number of carbonyl (C=O) groups excluding carboxylic acids is 3. The predicted octanol–water partition coefficient (Wildman–Crippen LogP) is 0.966. The molecule has 0 radical (unpaired) electrons. The molecule has 4 amide bonds. The summed E-state index contributed by atoms with van der Waals surface area (Å²) in [5.41, 5.74) is 3.06. The maximum atomic E-state index is 12.3. The lowest BCUT2D eigenvalue weighted by molar-refractivity contribution is -0.117. The van der Waals surface area contributed by atoms with Gasteiger partial charge in [0, 0.05) is 19.4 Å². The second-order valence-electron chi connectivity index (χ2n) is 7.96. The smallest absolute Gasteiger partial charge is 0.329 e. The van der Waals surface area contributed by atoms with Gasteiger partial charge in [0.2, 0.25) is 24.2 Å². The summed E-state index contributed by atoms with van der Waals surface area (Å²) < 4.78 is 1.90. The molecule has 3 aromatic heterocycles.